The highest BCUT2D eigenvalue weighted by Crippen LogP contribution is 2.20. The highest BCUT2D eigenvalue weighted by Gasteiger charge is 2.17. The first-order chi connectivity index (χ1) is 7.60. The van der Waals surface area contributed by atoms with Gasteiger partial charge in [-0.25, -0.2) is 0 Å². The molecule has 1 aromatic carbocycles. The van der Waals surface area contributed by atoms with Crippen LogP contribution in [0.5, 0.6) is 0 Å². The summed E-state index contributed by atoms with van der Waals surface area (Å²) in [5, 5.41) is 8.95. The van der Waals surface area contributed by atoms with Crippen LogP contribution in [0.2, 0.25) is 0 Å². The molecule has 0 amide bonds. The molecule has 4 nitrogen and oxygen atoms in total. The lowest BCUT2D eigenvalue weighted by Gasteiger charge is -2.13. The van der Waals surface area contributed by atoms with E-state index in [0.29, 0.717) is 0 Å². The number of carbonyl (C=O) groups is 1. The van der Waals surface area contributed by atoms with Gasteiger partial charge in [0.15, 0.2) is 0 Å². The molecule has 1 rings (SSSR count). The zero-order chi connectivity index (χ0) is 12.1. The van der Waals surface area contributed by atoms with Gasteiger partial charge in [-0.15, -0.1) is 0 Å². The predicted octanol–water partition coefficient (Wildman–Crippen LogP) is 1.52. The van der Waals surface area contributed by atoms with Crippen molar-refractivity contribution in [2.24, 2.45) is 5.73 Å². The first-order valence-corrected chi connectivity index (χ1v) is 5.15. The van der Waals surface area contributed by atoms with Gasteiger partial charge in [-0.05, 0) is 18.1 Å². The molecule has 0 spiro atoms. The van der Waals surface area contributed by atoms with Crippen molar-refractivity contribution in [1.29, 1.82) is 0 Å². The van der Waals surface area contributed by atoms with Crippen LogP contribution in [0.25, 0.3) is 0 Å². The Morgan fingerprint density at radius 2 is 1.88 bits per heavy atom. The van der Waals surface area contributed by atoms with E-state index in [4.69, 9.17) is 15.6 Å². The van der Waals surface area contributed by atoms with Crippen LogP contribution in [0, 0.1) is 0 Å². The van der Waals surface area contributed by atoms with Crippen molar-refractivity contribution in [3.8, 4) is 0 Å². The molecule has 0 aliphatic heterocycles. The van der Waals surface area contributed by atoms with E-state index in [2.05, 4.69) is 0 Å². The number of nitrogens with two attached hydrogens (primary N) is 1. The Bertz CT molecular complexity index is 348. The monoisotopic (exact) mass is 223 g/mol. The van der Waals surface area contributed by atoms with Gasteiger partial charge in [-0.1, -0.05) is 24.3 Å². The number of benzene rings is 1. The predicted molar refractivity (Wildman–Crippen MR) is 61.3 cm³/mol. The Morgan fingerprint density at radius 1 is 1.38 bits per heavy atom. The van der Waals surface area contributed by atoms with Gasteiger partial charge in [0.2, 0.25) is 0 Å². The molecule has 2 atom stereocenters. The molecule has 3 N–H and O–H groups in total. The smallest absolute Gasteiger partial charge is 0.312 e. The summed E-state index contributed by atoms with van der Waals surface area (Å²) in [6, 6.07) is 7.32. The molecule has 0 bridgehead atoms. The van der Waals surface area contributed by atoms with Crippen LogP contribution in [0.15, 0.2) is 24.3 Å². The molecule has 0 heterocycles. The van der Waals surface area contributed by atoms with Crippen LogP contribution in [0.3, 0.4) is 0 Å². The lowest BCUT2D eigenvalue weighted by molar-refractivity contribution is -0.138. The average molecular weight is 223 g/mol. The Labute approximate surface area is 95.0 Å². The third kappa shape index (κ3) is 2.81. The van der Waals surface area contributed by atoms with Gasteiger partial charge in [0, 0.05) is 13.7 Å². The molecule has 0 aliphatic carbocycles. The summed E-state index contributed by atoms with van der Waals surface area (Å²) in [4.78, 5) is 10.9. The van der Waals surface area contributed by atoms with Crippen LogP contribution in [-0.4, -0.2) is 24.7 Å². The van der Waals surface area contributed by atoms with Crippen LogP contribution in [0.1, 0.15) is 30.1 Å². The van der Waals surface area contributed by atoms with E-state index in [1.165, 1.54) is 0 Å². The van der Waals surface area contributed by atoms with E-state index in [-0.39, 0.29) is 12.6 Å². The van der Waals surface area contributed by atoms with Crippen LogP contribution < -0.4 is 5.73 Å². The summed E-state index contributed by atoms with van der Waals surface area (Å²) >= 11 is 0. The molecule has 0 saturated carbocycles. The van der Waals surface area contributed by atoms with Gasteiger partial charge < -0.3 is 15.6 Å². The fourth-order valence-electron chi connectivity index (χ4n) is 1.51. The quantitative estimate of drug-likeness (QED) is 0.793. The second-order valence-electron chi connectivity index (χ2n) is 3.67. The summed E-state index contributed by atoms with van der Waals surface area (Å²) in [7, 11) is 1.64. The zero-order valence-corrected chi connectivity index (χ0v) is 9.51. The van der Waals surface area contributed by atoms with Crippen molar-refractivity contribution < 1.29 is 14.6 Å². The maximum Gasteiger partial charge on any atom is 0.312 e. The number of carboxylic acid groups (broad SMARTS) is 1. The second kappa shape index (κ2) is 5.63. The maximum atomic E-state index is 10.9. The normalized spacial score (nSPS) is 14.4. The van der Waals surface area contributed by atoms with Gasteiger partial charge in [0.1, 0.15) is 0 Å². The molecule has 0 saturated heterocycles. The number of carboxylic acids is 1. The summed E-state index contributed by atoms with van der Waals surface area (Å²) in [6.07, 6.45) is 0.00945. The third-order valence-corrected chi connectivity index (χ3v) is 2.70. The third-order valence-electron chi connectivity index (χ3n) is 2.70. The van der Waals surface area contributed by atoms with E-state index < -0.39 is 11.9 Å². The van der Waals surface area contributed by atoms with E-state index in [1.807, 2.05) is 19.1 Å². The maximum absolute atomic E-state index is 10.9. The summed E-state index contributed by atoms with van der Waals surface area (Å²) in [6.45, 7) is 2.04. The highest BCUT2D eigenvalue weighted by atomic mass is 16.5. The Balaban J connectivity index is 2.89. The summed E-state index contributed by atoms with van der Waals surface area (Å²) in [5.41, 5.74) is 7.17. The number of rotatable bonds is 5. The van der Waals surface area contributed by atoms with Crippen LogP contribution >= 0.6 is 0 Å². The van der Waals surface area contributed by atoms with E-state index in [0.717, 1.165) is 11.1 Å². The van der Waals surface area contributed by atoms with Gasteiger partial charge in [-0.3, -0.25) is 4.79 Å². The van der Waals surface area contributed by atoms with Crippen molar-refractivity contribution in [2.75, 3.05) is 13.7 Å². The van der Waals surface area contributed by atoms with Crippen LogP contribution in [-0.2, 0) is 9.53 Å². The molecule has 1 aromatic rings. The number of methoxy groups -OCH3 is 1. The Morgan fingerprint density at radius 3 is 2.25 bits per heavy atom. The topological polar surface area (TPSA) is 72.5 Å². The SMILES string of the molecule is COC(C)c1ccc(C(CN)C(=O)O)cc1. The average Bonchev–Trinajstić information content (AvgIpc) is 2.29. The van der Waals surface area contributed by atoms with Gasteiger partial charge in [0.25, 0.3) is 0 Å². The first-order valence-electron chi connectivity index (χ1n) is 5.15. The molecule has 0 aliphatic rings. The molecule has 88 valence electrons. The van der Waals surface area contributed by atoms with Gasteiger partial charge in [-0.2, -0.15) is 0 Å². The molecule has 16 heavy (non-hydrogen) atoms. The second-order valence-corrected chi connectivity index (χ2v) is 3.67. The number of aliphatic carboxylic acids is 1. The first kappa shape index (κ1) is 12.7. The molecule has 0 radical (unpaired) electrons. The lowest BCUT2D eigenvalue weighted by Crippen LogP contribution is -2.21. The molecular formula is C12H17NO3. The summed E-state index contributed by atoms with van der Waals surface area (Å²) in [5.74, 6) is -1.53. The number of hydrogen-bond donors (Lipinski definition) is 2. The molecule has 0 aromatic heterocycles. The minimum atomic E-state index is -0.893. The molecule has 4 heteroatoms. The number of hydrogen-bond acceptors (Lipinski definition) is 3. The Hall–Kier alpha value is -1.39. The fraction of sp³-hybridized carbons (Fsp3) is 0.417. The Kier molecular flexibility index (Phi) is 4.46. The zero-order valence-electron chi connectivity index (χ0n) is 9.51. The fourth-order valence-corrected chi connectivity index (χ4v) is 1.51. The van der Waals surface area contributed by atoms with Crippen molar-refractivity contribution in [2.45, 2.75) is 18.9 Å². The standard InChI is InChI=1S/C12H17NO3/c1-8(16-2)9-3-5-10(6-4-9)11(7-13)12(14)15/h3-6,8,11H,7,13H2,1-2H3,(H,14,15). The largest absolute Gasteiger partial charge is 0.481 e. The minimum absolute atomic E-state index is 0.00945. The summed E-state index contributed by atoms with van der Waals surface area (Å²) < 4.78 is 5.17. The van der Waals surface area contributed by atoms with E-state index >= 15 is 0 Å². The van der Waals surface area contributed by atoms with E-state index in [1.54, 1.807) is 19.2 Å². The van der Waals surface area contributed by atoms with Crippen molar-refractivity contribution in [1.82, 2.24) is 0 Å². The molecular weight excluding hydrogens is 206 g/mol. The van der Waals surface area contributed by atoms with E-state index in [9.17, 15) is 4.79 Å². The van der Waals surface area contributed by atoms with Crippen molar-refractivity contribution >= 4 is 5.97 Å². The van der Waals surface area contributed by atoms with Gasteiger partial charge in [0.05, 0.1) is 12.0 Å². The van der Waals surface area contributed by atoms with Crippen molar-refractivity contribution in [3.05, 3.63) is 35.4 Å². The highest BCUT2D eigenvalue weighted by molar-refractivity contribution is 5.76. The number of ether oxygens (including phenoxy) is 1. The minimum Gasteiger partial charge on any atom is -0.481 e. The molecule has 2 unspecified atom stereocenters. The van der Waals surface area contributed by atoms with Crippen LogP contribution in [0.4, 0.5) is 0 Å². The van der Waals surface area contributed by atoms with Crippen molar-refractivity contribution in [3.63, 3.8) is 0 Å². The molecule has 0 fully saturated rings. The van der Waals surface area contributed by atoms with Gasteiger partial charge >= 0.3 is 5.97 Å². The lowest BCUT2D eigenvalue weighted by atomic mass is 9.97.